The van der Waals surface area contributed by atoms with Crippen molar-refractivity contribution >= 4 is 0 Å². The Labute approximate surface area is 54.5 Å². The van der Waals surface area contributed by atoms with Gasteiger partial charge in [0.05, 0.1) is 0 Å². The Morgan fingerprint density at radius 1 is 0.750 bits per heavy atom. The van der Waals surface area contributed by atoms with Gasteiger partial charge in [0.15, 0.2) is 0 Å². The van der Waals surface area contributed by atoms with Gasteiger partial charge in [0.25, 0.3) is 0 Å². The first-order valence-corrected chi connectivity index (χ1v) is 0. The first kappa shape index (κ1) is 59.4. The molecule has 0 bridgehead atoms. The Hall–Kier alpha value is 1.27. The summed E-state index contributed by atoms with van der Waals surface area (Å²) in [5.74, 6) is 0. The fraction of sp³-hybridized carbons (Fsp3) is 0. The van der Waals surface area contributed by atoms with E-state index in [0.717, 1.165) is 0 Å². The molecule has 0 nitrogen and oxygen atoms in total. The summed E-state index contributed by atoms with van der Waals surface area (Å²) < 4.78 is 0. The molecule has 0 unspecified atom stereocenters. The number of hydrogen-bond donors (Lipinski definition) is 0. The van der Waals surface area contributed by atoms with Crippen molar-refractivity contribution < 1.29 is 39.6 Å². The average molecular weight is 265 g/mol. The zero-order valence-corrected chi connectivity index (χ0v) is 7.19. The van der Waals surface area contributed by atoms with E-state index in [1.807, 2.05) is 0 Å². The molecule has 0 heterocycles. The zero-order chi connectivity index (χ0) is 0. The molecule has 4 heavy (non-hydrogen) atoms. The van der Waals surface area contributed by atoms with Crippen LogP contribution in [0, 0.1) is 14.9 Å². The summed E-state index contributed by atoms with van der Waals surface area (Å²) in [5.41, 5.74) is 0. The van der Waals surface area contributed by atoms with Crippen molar-refractivity contribution in [3.8, 4) is 0 Å². The standard InChI is InChI=1S/2CH3.V.W/h2*1H3;;/q2*-1;;. The van der Waals surface area contributed by atoms with Crippen LogP contribution in [0.1, 0.15) is 0 Å². The Kier molecular flexibility index (Phi) is 420. The third-order valence-corrected chi connectivity index (χ3v) is 0. The van der Waals surface area contributed by atoms with Crippen LogP contribution in [0.4, 0.5) is 0 Å². The van der Waals surface area contributed by atoms with Crippen LogP contribution in [0.5, 0.6) is 0 Å². The second-order valence-electron chi connectivity index (χ2n) is 0. The van der Waals surface area contributed by atoms with Gasteiger partial charge in [-0.2, -0.15) is 0 Å². The summed E-state index contributed by atoms with van der Waals surface area (Å²) in [6.07, 6.45) is 0. The Bertz CT molecular complexity index is 6.00. The van der Waals surface area contributed by atoms with E-state index in [-0.39, 0.29) is 54.5 Å². The average Bonchev–Trinajstić information content (AvgIpc) is 0. The third kappa shape index (κ3) is 10.4. The van der Waals surface area contributed by atoms with E-state index >= 15 is 0 Å². The maximum atomic E-state index is 0. The first-order valence-electron chi connectivity index (χ1n) is 0. The minimum atomic E-state index is 0. The summed E-state index contributed by atoms with van der Waals surface area (Å²) in [7, 11) is 0. The maximum absolute atomic E-state index is 0. The maximum Gasteiger partial charge on any atom is 0 e. The van der Waals surface area contributed by atoms with E-state index in [2.05, 4.69) is 0 Å². The molecular formula is C2H6VW-2. The van der Waals surface area contributed by atoms with E-state index < -0.39 is 0 Å². The van der Waals surface area contributed by atoms with E-state index in [4.69, 9.17) is 0 Å². The molecule has 0 fully saturated rings. The number of hydrogen-bond acceptors (Lipinski definition) is 0. The molecule has 0 rings (SSSR count). The molecular weight excluding hydrogens is 259 g/mol. The molecule has 0 amide bonds. The second kappa shape index (κ2) is 28.3. The van der Waals surface area contributed by atoms with Crippen molar-refractivity contribution in [3.05, 3.63) is 14.9 Å². The first-order chi connectivity index (χ1) is 0. The third-order valence-electron chi connectivity index (χ3n) is 0. The van der Waals surface area contributed by atoms with Crippen molar-refractivity contribution in [1.29, 1.82) is 0 Å². The molecule has 2 heteroatoms. The van der Waals surface area contributed by atoms with Crippen molar-refractivity contribution in [2.45, 2.75) is 0 Å². The zero-order valence-electron chi connectivity index (χ0n) is 2.86. The molecule has 0 spiro atoms. The molecule has 0 saturated heterocycles. The monoisotopic (exact) mass is 265 g/mol. The predicted molar refractivity (Wildman–Crippen MR) is 12.8 cm³/mol. The predicted octanol–water partition coefficient (Wildman–Crippen LogP) is 0.896. The van der Waals surface area contributed by atoms with Gasteiger partial charge in [-0.25, -0.2) is 0 Å². The van der Waals surface area contributed by atoms with Gasteiger partial charge in [0.1, 0.15) is 0 Å². The van der Waals surface area contributed by atoms with Gasteiger partial charge in [-0.05, 0) is 0 Å². The fourth-order valence-corrected chi connectivity index (χ4v) is 0. The SMILES string of the molecule is [CH3-].[CH3-].[V].[W]. The molecule has 27 valence electrons. The minimum absolute atomic E-state index is 0. The quantitative estimate of drug-likeness (QED) is 0.571. The second-order valence-corrected chi connectivity index (χ2v) is 0. The molecule has 0 aromatic rings. The topological polar surface area (TPSA) is 0 Å². The largest absolute Gasteiger partial charge is 0.358 e. The van der Waals surface area contributed by atoms with Crippen molar-refractivity contribution in [1.82, 2.24) is 0 Å². The summed E-state index contributed by atoms with van der Waals surface area (Å²) >= 11 is 0. The molecule has 0 aliphatic rings. The number of rotatable bonds is 0. The van der Waals surface area contributed by atoms with Crippen LogP contribution in [0.3, 0.4) is 0 Å². The van der Waals surface area contributed by atoms with Gasteiger partial charge in [0, 0.05) is 39.6 Å². The van der Waals surface area contributed by atoms with Gasteiger partial charge < -0.3 is 14.9 Å². The molecule has 0 aromatic heterocycles. The van der Waals surface area contributed by atoms with Crippen LogP contribution >= 0.6 is 0 Å². The Balaban J connectivity index is 0. The van der Waals surface area contributed by atoms with E-state index in [9.17, 15) is 0 Å². The van der Waals surface area contributed by atoms with Crippen LogP contribution in [0.15, 0.2) is 0 Å². The van der Waals surface area contributed by atoms with Crippen molar-refractivity contribution in [2.24, 2.45) is 0 Å². The van der Waals surface area contributed by atoms with Crippen LogP contribution in [-0.4, -0.2) is 0 Å². The Morgan fingerprint density at radius 3 is 0.750 bits per heavy atom. The van der Waals surface area contributed by atoms with Gasteiger partial charge in [-0.3, -0.25) is 0 Å². The summed E-state index contributed by atoms with van der Waals surface area (Å²) in [4.78, 5) is 0. The van der Waals surface area contributed by atoms with E-state index in [0.29, 0.717) is 0 Å². The minimum Gasteiger partial charge on any atom is -0.358 e. The molecule has 0 aliphatic carbocycles. The Morgan fingerprint density at radius 2 is 0.750 bits per heavy atom. The fourth-order valence-electron chi connectivity index (χ4n) is 0. The van der Waals surface area contributed by atoms with E-state index in [1.165, 1.54) is 0 Å². The normalized spacial score (nSPS) is 0. The van der Waals surface area contributed by atoms with Crippen LogP contribution in [-0.2, 0) is 39.6 Å². The van der Waals surface area contributed by atoms with Gasteiger partial charge >= 0.3 is 0 Å². The molecule has 0 aliphatic heterocycles. The molecule has 1 radical (unpaired) electrons. The van der Waals surface area contributed by atoms with Crippen molar-refractivity contribution in [2.75, 3.05) is 0 Å². The summed E-state index contributed by atoms with van der Waals surface area (Å²) in [6, 6.07) is 0. The summed E-state index contributed by atoms with van der Waals surface area (Å²) in [6.45, 7) is 0. The molecule has 0 aromatic carbocycles. The van der Waals surface area contributed by atoms with Crippen LogP contribution in [0.2, 0.25) is 0 Å². The molecule has 0 atom stereocenters. The van der Waals surface area contributed by atoms with E-state index in [1.54, 1.807) is 0 Å². The van der Waals surface area contributed by atoms with Gasteiger partial charge in [0.2, 0.25) is 0 Å². The molecule has 0 saturated carbocycles. The smallest absolute Gasteiger partial charge is 0 e. The van der Waals surface area contributed by atoms with Crippen LogP contribution < -0.4 is 0 Å². The van der Waals surface area contributed by atoms with Gasteiger partial charge in [-0.15, -0.1) is 0 Å². The van der Waals surface area contributed by atoms with Gasteiger partial charge in [-0.1, -0.05) is 0 Å². The van der Waals surface area contributed by atoms with Crippen LogP contribution in [0.25, 0.3) is 0 Å². The molecule has 0 N–H and O–H groups in total. The van der Waals surface area contributed by atoms with Crippen molar-refractivity contribution in [3.63, 3.8) is 0 Å². The summed E-state index contributed by atoms with van der Waals surface area (Å²) in [5, 5.41) is 0.